The molecule has 0 aromatic rings. The Morgan fingerprint density at radius 2 is 2.32 bits per heavy atom. The minimum Gasteiger partial charge on any atom is -0.396 e. The van der Waals surface area contributed by atoms with E-state index in [1.165, 1.54) is 19.4 Å². The molecule has 5 heteroatoms. The van der Waals surface area contributed by atoms with Gasteiger partial charge in [0.05, 0.1) is 0 Å². The van der Waals surface area contributed by atoms with E-state index < -0.39 is 0 Å². The molecule has 1 saturated heterocycles. The highest BCUT2D eigenvalue weighted by Gasteiger charge is 2.22. The summed E-state index contributed by atoms with van der Waals surface area (Å²) in [4.78, 5) is 14.1. The van der Waals surface area contributed by atoms with Gasteiger partial charge in [-0.05, 0) is 51.6 Å². The molecule has 2 unspecified atom stereocenters. The Morgan fingerprint density at radius 1 is 1.53 bits per heavy atom. The predicted molar refractivity (Wildman–Crippen MR) is 77.2 cm³/mol. The summed E-state index contributed by atoms with van der Waals surface area (Å²) in [6.07, 6.45) is 3.93. The molecule has 0 saturated carbocycles. The molecule has 0 spiro atoms. The molecule has 1 aliphatic heterocycles. The molecule has 19 heavy (non-hydrogen) atoms. The van der Waals surface area contributed by atoms with Crippen LogP contribution >= 0.6 is 0 Å². The Morgan fingerprint density at radius 3 is 3.00 bits per heavy atom. The van der Waals surface area contributed by atoms with Crippen LogP contribution in [-0.4, -0.2) is 54.9 Å². The number of carbonyl (C=O) groups is 1. The minimum atomic E-state index is -0.0839. The lowest BCUT2D eigenvalue weighted by Gasteiger charge is -2.17. The normalized spacial score (nSPS) is 21.3. The van der Waals surface area contributed by atoms with Gasteiger partial charge >= 0.3 is 6.03 Å². The van der Waals surface area contributed by atoms with Crippen molar-refractivity contribution in [1.29, 1.82) is 0 Å². The molecule has 0 aromatic heterocycles. The number of aliphatic hydroxyl groups excluding tert-OH is 1. The van der Waals surface area contributed by atoms with Gasteiger partial charge in [0.1, 0.15) is 0 Å². The molecular weight excluding hydrogens is 242 g/mol. The first kappa shape index (κ1) is 16.2. The van der Waals surface area contributed by atoms with Crippen molar-refractivity contribution >= 4 is 6.03 Å². The van der Waals surface area contributed by atoms with Crippen LogP contribution in [0.3, 0.4) is 0 Å². The number of nitrogens with one attached hydrogen (secondary N) is 2. The summed E-state index contributed by atoms with van der Waals surface area (Å²) in [5.74, 6) is 0.588. The summed E-state index contributed by atoms with van der Waals surface area (Å²) in [6, 6.07) is 0.0340. The molecule has 1 heterocycles. The third-order valence-corrected chi connectivity index (χ3v) is 3.63. The van der Waals surface area contributed by atoms with Gasteiger partial charge in [-0.1, -0.05) is 6.92 Å². The number of hydrogen-bond donors (Lipinski definition) is 3. The highest BCUT2D eigenvalue weighted by Crippen LogP contribution is 2.15. The molecule has 0 radical (unpaired) electrons. The molecule has 3 N–H and O–H groups in total. The zero-order valence-corrected chi connectivity index (χ0v) is 12.3. The van der Waals surface area contributed by atoms with Gasteiger partial charge in [0.2, 0.25) is 0 Å². The standard InChI is InChI=1S/C14H29N3O2/c1-3-7-17-8-6-13(11-17)10-15-14(19)16-12(2)5-4-9-18/h12-13,18H,3-11H2,1-2H3,(H2,15,16,19). The van der Waals surface area contributed by atoms with Crippen molar-refractivity contribution in [3.8, 4) is 0 Å². The summed E-state index contributed by atoms with van der Waals surface area (Å²) in [5, 5.41) is 14.6. The van der Waals surface area contributed by atoms with Gasteiger partial charge in [-0.25, -0.2) is 4.79 Å². The van der Waals surface area contributed by atoms with E-state index in [4.69, 9.17) is 5.11 Å². The molecular formula is C14H29N3O2. The van der Waals surface area contributed by atoms with Crippen LogP contribution < -0.4 is 10.6 Å². The SMILES string of the molecule is CCCN1CCC(CNC(=O)NC(C)CCCO)C1. The van der Waals surface area contributed by atoms with Crippen LogP contribution in [0.2, 0.25) is 0 Å². The summed E-state index contributed by atoms with van der Waals surface area (Å²) < 4.78 is 0. The number of carbonyl (C=O) groups excluding carboxylic acids is 1. The van der Waals surface area contributed by atoms with E-state index >= 15 is 0 Å². The van der Waals surface area contributed by atoms with Crippen molar-refractivity contribution in [2.45, 2.75) is 45.6 Å². The maximum absolute atomic E-state index is 11.7. The van der Waals surface area contributed by atoms with Gasteiger partial charge in [0.25, 0.3) is 0 Å². The Hall–Kier alpha value is -0.810. The highest BCUT2D eigenvalue weighted by molar-refractivity contribution is 5.74. The molecule has 1 fully saturated rings. The molecule has 0 bridgehead atoms. The monoisotopic (exact) mass is 271 g/mol. The van der Waals surface area contributed by atoms with Gasteiger partial charge in [0, 0.05) is 25.7 Å². The summed E-state index contributed by atoms with van der Waals surface area (Å²) in [7, 11) is 0. The number of rotatable bonds is 8. The topological polar surface area (TPSA) is 64.6 Å². The lowest BCUT2D eigenvalue weighted by molar-refractivity contribution is 0.232. The van der Waals surface area contributed by atoms with Crippen LogP contribution in [0, 0.1) is 5.92 Å². The number of aliphatic hydroxyl groups is 1. The molecule has 112 valence electrons. The third-order valence-electron chi connectivity index (χ3n) is 3.63. The summed E-state index contributed by atoms with van der Waals surface area (Å²) >= 11 is 0. The first-order valence-corrected chi connectivity index (χ1v) is 7.53. The van der Waals surface area contributed by atoms with Crippen LogP contribution in [0.5, 0.6) is 0 Å². The molecule has 1 rings (SSSR count). The maximum Gasteiger partial charge on any atom is 0.315 e. The highest BCUT2D eigenvalue weighted by atomic mass is 16.3. The van der Waals surface area contributed by atoms with Gasteiger partial charge < -0.3 is 20.6 Å². The first-order valence-electron chi connectivity index (χ1n) is 7.53. The zero-order chi connectivity index (χ0) is 14.1. The van der Waals surface area contributed by atoms with Gasteiger partial charge in [-0.3, -0.25) is 0 Å². The largest absolute Gasteiger partial charge is 0.396 e. The quantitative estimate of drug-likeness (QED) is 0.621. The molecule has 5 nitrogen and oxygen atoms in total. The third kappa shape index (κ3) is 6.78. The number of urea groups is 1. The van der Waals surface area contributed by atoms with Crippen molar-refractivity contribution in [2.24, 2.45) is 5.92 Å². The van der Waals surface area contributed by atoms with Crippen LogP contribution in [0.25, 0.3) is 0 Å². The van der Waals surface area contributed by atoms with Crippen LogP contribution in [-0.2, 0) is 0 Å². The van der Waals surface area contributed by atoms with Gasteiger partial charge in [-0.2, -0.15) is 0 Å². The van der Waals surface area contributed by atoms with Crippen LogP contribution in [0.4, 0.5) is 4.79 Å². The maximum atomic E-state index is 11.7. The number of nitrogens with zero attached hydrogens (tertiary/aromatic N) is 1. The fourth-order valence-electron chi connectivity index (χ4n) is 2.58. The van der Waals surface area contributed by atoms with E-state index in [0.717, 1.165) is 32.5 Å². The van der Waals surface area contributed by atoms with Crippen molar-refractivity contribution in [3.63, 3.8) is 0 Å². The molecule has 0 aromatic carbocycles. The van der Waals surface area contributed by atoms with Gasteiger partial charge in [0.15, 0.2) is 0 Å². The fourth-order valence-corrected chi connectivity index (χ4v) is 2.58. The van der Waals surface area contributed by atoms with Crippen molar-refractivity contribution in [3.05, 3.63) is 0 Å². The first-order chi connectivity index (χ1) is 9.15. The predicted octanol–water partition coefficient (Wildman–Crippen LogP) is 1.18. The minimum absolute atomic E-state index is 0.0839. The smallest absolute Gasteiger partial charge is 0.315 e. The second-order valence-electron chi connectivity index (χ2n) is 5.58. The Labute approximate surface area is 116 Å². The molecule has 1 aliphatic rings. The lowest BCUT2D eigenvalue weighted by atomic mass is 10.1. The van der Waals surface area contributed by atoms with Crippen molar-refractivity contribution in [2.75, 3.05) is 32.8 Å². The Bertz CT molecular complexity index is 261. The molecule has 0 aliphatic carbocycles. The van der Waals surface area contributed by atoms with E-state index in [-0.39, 0.29) is 18.7 Å². The second-order valence-corrected chi connectivity index (χ2v) is 5.58. The fraction of sp³-hybridized carbons (Fsp3) is 0.929. The Kier molecular flexibility index (Phi) is 7.82. The van der Waals surface area contributed by atoms with Crippen LogP contribution in [0.1, 0.15) is 39.5 Å². The average molecular weight is 271 g/mol. The van der Waals surface area contributed by atoms with E-state index in [9.17, 15) is 4.79 Å². The van der Waals surface area contributed by atoms with Gasteiger partial charge in [-0.15, -0.1) is 0 Å². The number of amides is 2. The molecule has 2 amide bonds. The lowest BCUT2D eigenvalue weighted by Crippen LogP contribution is -2.42. The van der Waals surface area contributed by atoms with E-state index in [1.54, 1.807) is 0 Å². The molecule has 2 atom stereocenters. The average Bonchev–Trinajstić information content (AvgIpc) is 2.82. The number of likely N-dealkylation sites (tertiary alicyclic amines) is 1. The summed E-state index contributed by atoms with van der Waals surface area (Å²) in [6.45, 7) is 8.55. The van der Waals surface area contributed by atoms with Crippen molar-refractivity contribution < 1.29 is 9.90 Å². The van der Waals surface area contributed by atoms with E-state index in [1.807, 2.05) is 6.92 Å². The zero-order valence-electron chi connectivity index (χ0n) is 12.3. The van der Waals surface area contributed by atoms with E-state index in [0.29, 0.717) is 5.92 Å². The summed E-state index contributed by atoms with van der Waals surface area (Å²) in [5.41, 5.74) is 0. The second kappa shape index (κ2) is 9.15. The van der Waals surface area contributed by atoms with Crippen molar-refractivity contribution in [1.82, 2.24) is 15.5 Å². The van der Waals surface area contributed by atoms with E-state index in [2.05, 4.69) is 22.5 Å². The number of hydrogen-bond acceptors (Lipinski definition) is 3. The van der Waals surface area contributed by atoms with Crippen LogP contribution in [0.15, 0.2) is 0 Å². The Balaban J connectivity index is 2.10.